The molecule has 0 heterocycles. The van der Waals surface area contributed by atoms with Crippen LogP contribution in [0.3, 0.4) is 0 Å². The van der Waals surface area contributed by atoms with Gasteiger partial charge in [0.1, 0.15) is 0 Å². The minimum Gasteiger partial charge on any atom is -0.309 e. The number of para-hydroxylation sites is 1. The van der Waals surface area contributed by atoms with Crippen molar-refractivity contribution < 1.29 is 4.79 Å². The van der Waals surface area contributed by atoms with Gasteiger partial charge in [-0.15, -0.1) is 0 Å². The number of carbonyl (C=O) groups is 1. The van der Waals surface area contributed by atoms with E-state index in [1.54, 1.807) is 11.8 Å². The molecule has 0 radical (unpaired) electrons. The van der Waals surface area contributed by atoms with Crippen LogP contribution in [0.15, 0.2) is 28.7 Å². The van der Waals surface area contributed by atoms with E-state index < -0.39 is 0 Å². The molecular formula is C11H14BrNO. The van der Waals surface area contributed by atoms with E-state index in [1.807, 2.05) is 38.1 Å². The van der Waals surface area contributed by atoms with Crippen molar-refractivity contribution in [2.45, 2.75) is 26.8 Å². The summed E-state index contributed by atoms with van der Waals surface area (Å²) >= 11 is 3.44. The van der Waals surface area contributed by atoms with E-state index in [2.05, 4.69) is 15.9 Å². The maximum Gasteiger partial charge on any atom is 0.224 e. The maximum atomic E-state index is 11.4. The van der Waals surface area contributed by atoms with Crippen molar-refractivity contribution in [3.8, 4) is 0 Å². The fourth-order valence-corrected chi connectivity index (χ4v) is 1.93. The van der Waals surface area contributed by atoms with Gasteiger partial charge in [0.15, 0.2) is 0 Å². The molecule has 0 atom stereocenters. The summed E-state index contributed by atoms with van der Waals surface area (Å²) in [6, 6.07) is 7.91. The molecule has 0 aliphatic carbocycles. The van der Waals surface area contributed by atoms with Crippen LogP contribution in [0.1, 0.15) is 20.8 Å². The van der Waals surface area contributed by atoms with Crippen molar-refractivity contribution in [2.75, 3.05) is 4.90 Å². The smallest absolute Gasteiger partial charge is 0.224 e. The largest absolute Gasteiger partial charge is 0.309 e. The predicted octanol–water partition coefficient (Wildman–Crippen LogP) is 3.21. The number of hydrogen-bond acceptors (Lipinski definition) is 1. The van der Waals surface area contributed by atoms with E-state index in [9.17, 15) is 4.79 Å². The molecule has 0 N–H and O–H groups in total. The molecule has 0 aliphatic rings. The van der Waals surface area contributed by atoms with Crippen LogP contribution in [0.2, 0.25) is 0 Å². The Hall–Kier alpha value is -0.830. The quantitative estimate of drug-likeness (QED) is 0.795. The molecule has 2 nitrogen and oxygen atoms in total. The van der Waals surface area contributed by atoms with Gasteiger partial charge in [0.05, 0.1) is 5.69 Å². The molecule has 0 spiro atoms. The number of hydrogen-bond donors (Lipinski definition) is 0. The average molecular weight is 256 g/mol. The van der Waals surface area contributed by atoms with Gasteiger partial charge < -0.3 is 4.90 Å². The Bertz CT molecular complexity index is 336. The monoisotopic (exact) mass is 255 g/mol. The minimum atomic E-state index is 0.0619. The van der Waals surface area contributed by atoms with Gasteiger partial charge in [-0.05, 0) is 41.9 Å². The van der Waals surface area contributed by atoms with E-state index in [4.69, 9.17) is 0 Å². The van der Waals surface area contributed by atoms with Gasteiger partial charge in [0.25, 0.3) is 0 Å². The maximum absolute atomic E-state index is 11.4. The van der Waals surface area contributed by atoms with E-state index in [1.165, 1.54) is 0 Å². The summed E-state index contributed by atoms with van der Waals surface area (Å²) in [4.78, 5) is 13.2. The zero-order valence-electron chi connectivity index (χ0n) is 8.62. The number of amides is 1. The van der Waals surface area contributed by atoms with Crippen LogP contribution in [0.5, 0.6) is 0 Å². The van der Waals surface area contributed by atoms with Gasteiger partial charge in [0, 0.05) is 17.4 Å². The second-order valence-corrected chi connectivity index (χ2v) is 4.29. The molecule has 0 saturated carbocycles. The van der Waals surface area contributed by atoms with Crippen molar-refractivity contribution in [3.05, 3.63) is 28.7 Å². The topological polar surface area (TPSA) is 20.3 Å². The SMILES string of the molecule is CC(=O)N(c1ccccc1Br)C(C)C. The van der Waals surface area contributed by atoms with Crippen molar-refractivity contribution in [3.63, 3.8) is 0 Å². The number of halogens is 1. The first-order chi connectivity index (χ1) is 6.54. The van der Waals surface area contributed by atoms with Crippen LogP contribution < -0.4 is 4.90 Å². The van der Waals surface area contributed by atoms with Gasteiger partial charge in [-0.3, -0.25) is 4.79 Å². The van der Waals surface area contributed by atoms with Crippen LogP contribution in [0.4, 0.5) is 5.69 Å². The third kappa shape index (κ3) is 2.35. The second kappa shape index (κ2) is 4.60. The summed E-state index contributed by atoms with van der Waals surface area (Å²) in [5.41, 5.74) is 0.926. The first-order valence-electron chi connectivity index (χ1n) is 4.58. The number of rotatable bonds is 2. The second-order valence-electron chi connectivity index (χ2n) is 3.43. The minimum absolute atomic E-state index is 0.0619. The van der Waals surface area contributed by atoms with Crippen LogP contribution in [-0.4, -0.2) is 11.9 Å². The lowest BCUT2D eigenvalue weighted by molar-refractivity contribution is -0.116. The van der Waals surface area contributed by atoms with E-state index in [0.717, 1.165) is 10.2 Å². The van der Waals surface area contributed by atoms with Crippen LogP contribution in [0.25, 0.3) is 0 Å². The Morgan fingerprint density at radius 2 is 1.93 bits per heavy atom. The zero-order valence-corrected chi connectivity index (χ0v) is 10.2. The molecule has 3 heteroatoms. The predicted molar refractivity (Wildman–Crippen MR) is 62.4 cm³/mol. The van der Waals surface area contributed by atoms with Gasteiger partial charge >= 0.3 is 0 Å². The third-order valence-electron chi connectivity index (χ3n) is 1.97. The van der Waals surface area contributed by atoms with Crippen molar-refractivity contribution in [1.29, 1.82) is 0 Å². The first-order valence-corrected chi connectivity index (χ1v) is 5.37. The lowest BCUT2D eigenvalue weighted by Gasteiger charge is -2.26. The zero-order chi connectivity index (χ0) is 10.7. The first kappa shape index (κ1) is 11.2. The van der Waals surface area contributed by atoms with E-state index >= 15 is 0 Å². The molecular weight excluding hydrogens is 242 g/mol. The Balaban J connectivity index is 3.12. The highest BCUT2D eigenvalue weighted by Crippen LogP contribution is 2.27. The molecule has 0 bridgehead atoms. The number of carbonyl (C=O) groups excluding carboxylic acids is 1. The van der Waals surface area contributed by atoms with Gasteiger partial charge in [-0.1, -0.05) is 12.1 Å². The van der Waals surface area contributed by atoms with Crippen LogP contribution in [-0.2, 0) is 4.79 Å². The molecule has 0 fully saturated rings. The molecule has 1 aromatic rings. The van der Waals surface area contributed by atoms with E-state index in [-0.39, 0.29) is 11.9 Å². The van der Waals surface area contributed by atoms with Crippen LogP contribution >= 0.6 is 15.9 Å². The number of anilines is 1. The number of benzene rings is 1. The van der Waals surface area contributed by atoms with Gasteiger partial charge in [-0.2, -0.15) is 0 Å². The molecule has 0 saturated heterocycles. The summed E-state index contributed by atoms with van der Waals surface area (Å²) < 4.78 is 0.948. The summed E-state index contributed by atoms with van der Waals surface area (Å²) in [5.74, 6) is 0.0619. The fraction of sp³-hybridized carbons (Fsp3) is 0.364. The van der Waals surface area contributed by atoms with E-state index in [0.29, 0.717) is 0 Å². The van der Waals surface area contributed by atoms with Crippen LogP contribution in [0, 0.1) is 0 Å². The molecule has 1 rings (SSSR count). The Morgan fingerprint density at radius 3 is 2.36 bits per heavy atom. The van der Waals surface area contributed by atoms with Crippen molar-refractivity contribution in [1.82, 2.24) is 0 Å². The highest BCUT2D eigenvalue weighted by atomic mass is 79.9. The molecule has 0 unspecified atom stereocenters. The number of nitrogens with zero attached hydrogens (tertiary/aromatic N) is 1. The Labute approximate surface area is 93.0 Å². The summed E-state index contributed by atoms with van der Waals surface area (Å²) in [5, 5.41) is 0. The van der Waals surface area contributed by atoms with Crippen molar-refractivity contribution >= 4 is 27.5 Å². The standard InChI is InChI=1S/C11H14BrNO/c1-8(2)13(9(3)14)11-7-5-4-6-10(11)12/h4-8H,1-3H3. The summed E-state index contributed by atoms with van der Waals surface area (Å²) in [6.45, 7) is 5.58. The summed E-state index contributed by atoms with van der Waals surface area (Å²) in [7, 11) is 0. The van der Waals surface area contributed by atoms with Gasteiger partial charge in [0.2, 0.25) is 5.91 Å². The lowest BCUT2D eigenvalue weighted by atomic mass is 10.2. The average Bonchev–Trinajstić information content (AvgIpc) is 2.07. The molecule has 0 aromatic heterocycles. The van der Waals surface area contributed by atoms with Gasteiger partial charge in [-0.25, -0.2) is 0 Å². The highest BCUT2D eigenvalue weighted by Gasteiger charge is 2.16. The third-order valence-corrected chi connectivity index (χ3v) is 2.64. The molecule has 0 aliphatic heterocycles. The molecule has 14 heavy (non-hydrogen) atoms. The summed E-state index contributed by atoms with van der Waals surface area (Å²) in [6.07, 6.45) is 0. The molecule has 76 valence electrons. The fourth-order valence-electron chi connectivity index (χ4n) is 1.46. The lowest BCUT2D eigenvalue weighted by Crippen LogP contribution is -2.35. The highest BCUT2D eigenvalue weighted by molar-refractivity contribution is 9.10. The molecule has 1 aromatic carbocycles. The normalized spacial score (nSPS) is 10.4. The Kier molecular flexibility index (Phi) is 3.69. The molecule has 1 amide bonds. The van der Waals surface area contributed by atoms with Crippen molar-refractivity contribution in [2.24, 2.45) is 0 Å². The Morgan fingerprint density at radius 1 is 1.36 bits per heavy atom.